The SMILES string of the molecule is CCOC(=O)[C@H]1CC=C([C@@H](OC)[C@@H]2CC[C@H]2CN2CC3(CCCc4cc(Cl)ccc43)COc3ccc(C(=O)OC)cc32)CC1. The van der Waals surface area contributed by atoms with Gasteiger partial charge < -0.3 is 23.8 Å². The third-order valence-corrected chi connectivity index (χ3v) is 10.7. The van der Waals surface area contributed by atoms with Crippen LogP contribution in [0.25, 0.3) is 0 Å². The van der Waals surface area contributed by atoms with Gasteiger partial charge >= 0.3 is 11.9 Å². The van der Waals surface area contributed by atoms with Crippen LogP contribution in [-0.4, -0.2) is 58.6 Å². The molecule has 5 atom stereocenters. The molecule has 0 saturated heterocycles. The van der Waals surface area contributed by atoms with Crippen LogP contribution in [0, 0.1) is 17.8 Å². The maximum absolute atomic E-state index is 12.6. The van der Waals surface area contributed by atoms with Crippen LogP contribution in [0.4, 0.5) is 5.69 Å². The number of fused-ring (bicyclic) bond motifs is 3. The van der Waals surface area contributed by atoms with Gasteiger partial charge in [0.15, 0.2) is 0 Å². The van der Waals surface area contributed by atoms with Crippen LogP contribution in [0.1, 0.15) is 73.4 Å². The first-order valence-corrected chi connectivity index (χ1v) is 16.5. The average molecular weight is 622 g/mol. The van der Waals surface area contributed by atoms with Gasteiger partial charge in [-0.1, -0.05) is 23.7 Å². The Labute approximate surface area is 265 Å². The molecule has 1 spiro atoms. The summed E-state index contributed by atoms with van der Waals surface area (Å²) in [7, 11) is 3.23. The van der Waals surface area contributed by atoms with Crippen molar-refractivity contribution >= 4 is 29.2 Å². The minimum Gasteiger partial charge on any atom is -0.490 e. The largest absolute Gasteiger partial charge is 0.490 e. The molecule has 236 valence electrons. The first-order chi connectivity index (χ1) is 21.4. The lowest BCUT2D eigenvalue weighted by molar-refractivity contribution is -0.148. The summed E-state index contributed by atoms with van der Waals surface area (Å²) in [5.74, 6) is 1.10. The Kier molecular flexibility index (Phi) is 9.25. The van der Waals surface area contributed by atoms with Gasteiger partial charge in [0.05, 0.1) is 43.6 Å². The topological polar surface area (TPSA) is 74.3 Å². The Morgan fingerprint density at radius 2 is 1.98 bits per heavy atom. The van der Waals surface area contributed by atoms with Crippen LogP contribution in [0.2, 0.25) is 5.02 Å². The fourth-order valence-electron chi connectivity index (χ4n) is 8.05. The number of ether oxygens (including phenoxy) is 4. The minimum absolute atomic E-state index is 0.0347. The third-order valence-electron chi connectivity index (χ3n) is 10.5. The smallest absolute Gasteiger partial charge is 0.337 e. The van der Waals surface area contributed by atoms with E-state index in [9.17, 15) is 9.59 Å². The summed E-state index contributed by atoms with van der Waals surface area (Å²) in [4.78, 5) is 27.4. The third kappa shape index (κ3) is 5.97. The Hall–Kier alpha value is -3.03. The van der Waals surface area contributed by atoms with E-state index < -0.39 is 0 Å². The molecule has 1 fully saturated rings. The number of benzene rings is 2. The number of carbonyl (C=O) groups excluding carboxylic acids is 2. The molecule has 1 unspecified atom stereocenters. The lowest BCUT2D eigenvalue weighted by atomic mass is 9.66. The number of hydrogen-bond acceptors (Lipinski definition) is 7. The van der Waals surface area contributed by atoms with Crippen molar-refractivity contribution in [3.63, 3.8) is 0 Å². The highest BCUT2D eigenvalue weighted by Gasteiger charge is 2.45. The second-order valence-electron chi connectivity index (χ2n) is 12.9. The molecule has 0 radical (unpaired) electrons. The van der Waals surface area contributed by atoms with E-state index in [4.69, 9.17) is 30.5 Å². The van der Waals surface area contributed by atoms with Crippen molar-refractivity contribution in [3.05, 3.63) is 69.8 Å². The molecule has 0 N–H and O–H groups in total. The van der Waals surface area contributed by atoms with E-state index in [1.54, 1.807) is 6.07 Å². The molecule has 2 aromatic carbocycles. The number of rotatable bonds is 8. The van der Waals surface area contributed by atoms with Gasteiger partial charge in [-0.05, 0) is 117 Å². The summed E-state index contributed by atoms with van der Waals surface area (Å²) in [6.45, 7) is 4.49. The van der Waals surface area contributed by atoms with Gasteiger partial charge in [0.1, 0.15) is 5.75 Å². The van der Waals surface area contributed by atoms with E-state index >= 15 is 0 Å². The predicted molar refractivity (Wildman–Crippen MR) is 171 cm³/mol. The predicted octanol–water partition coefficient (Wildman–Crippen LogP) is 6.93. The summed E-state index contributed by atoms with van der Waals surface area (Å²) in [6.07, 6.45) is 9.98. The zero-order valence-electron chi connectivity index (χ0n) is 26.1. The quantitative estimate of drug-likeness (QED) is 0.234. The van der Waals surface area contributed by atoms with Crippen LogP contribution in [0.3, 0.4) is 0 Å². The fourth-order valence-corrected chi connectivity index (χ4v) is 8.24. The molecule has 44 heavy (non-hydrogen) atoms. The molecule has 0 bridgehead atoms. The summed E-state index contributed by atoms with van der Waals surface area (Å²) < 4.78 is 23.1. The molecule has 4 aliphatic rings. The van der Waals surface area contributed by atoms with Crippen LogP contribution < -0.4 is 9.64 Å². The number of nitrogens with zero attached hydrogens (tertiary/aromatic N) is 1. The molecule has 3 aliphatic carbocycles. The van der Waals surface area contributed by atoms with Gasteiger partial charge in [0, 0.05) is 30.6 Å². The van der Waals surface area contributed by atoms with Crippen molar-refractivity contribution in [3.8, 4) is 5.75 Å². The lowest BCUT2D eigenvalue weighted by Gasteiger charge is -2.47. The Bertz CT molecular complexity index is 1420. The van der Waals surface area contributed by atoms with Crippen LogP contribution >= 0.6 is 11.6 Å². The molecule has 7 nitrogen and oxygen atoms in total. The van der Waals surface area contributed by atoms with Gasteiger partial charge in [-0.3, -0.25) is 4.79 Å². The Morgan fingerprint density at radius 1 is 1.11 bits per heavy atom. The number of aryl methyl sites for hydroxylation is 1. The van der Waals surface area contributed by atoms with Gasteiger partial charge in [-0.25, -0.2) is 4.79 Å². The Balaban J connectivity index is 1.28. The van der Waals surface area contributed by atoms with Crippen LogP contribution in [0.15, 0.2) is 48.0 Å². The van der Waals surface area contributed by atoms with Gasteiger partial charge in [-0.2, -0.15) is 0 Å². The van der Waals surface area contributed by atoms with Gasteiger partial charge in [-0.15, -0.1) is 0 Å². The van der Waals surface area contributed by atoms with E-state index in [1.807, 2.05) is 32.2 Å². The molecule has 2 aromatic rings. The van der Waals surface area contributed by atoms with Gasteiger partial charge in [0.25, 0.3) is 0 Å². The first kappa shape index (κ1) is 31.0. The zero-order chi connectivity index (χ0) is 30.8. The van der Waals surface area contributed by atoms with E-state index in [0.717, 1.165) is 74.5 Å². The number of esters is 2. The number of halogens is 1. The summed E-state index contributed by atoms with van der Waals surface area (Å²) >= 11 is 6.43. The normalized spacial score (nSPS) is 26.7. The van der Waals surface area contributed by atoms with Crippen LogP contribution in [0.5, 0.6) is 5.75 Å². The Morgan fingerprint density at radius 3 is 2.68 bits per heavy atom. The molecular formula is C36H44ClNO6. The van der Waals surface area contributed by atoms with Crippen molar-refractivity contribution in [2.45, 2.75) is 69.8 Å². The van der Waals surface area contributed by atoms with Crippen molar-refractivity contribution in [1.82, 2.24) is 0 Å². The van der Waals surface area contributed by atoms with Gasteiger partial charge in [0.2, 0.25) is 0 Å². The van der Waals surface area contributed by atoms with Crippen molar-refractivity contribution in [2.24, 2.45) is 17.8 Å². The molecule has 6 rings (SSSR count). The van der Waals surface area contributed by atoms with Crippen molar-refractivity contribution < 1.29 is 28.5 Å². The lowest BCUT2D eigenvalue weighted by Crippen LogP contribution is -2.50. The fraction of sp³-hybridized carbons (Fsp3) is 0.556. The minimum atomic E-state index is -0.351. The van der Waals surface area contributed by atoms with E-state index in [-0.39, 0.29) is 29.4 Å². The van der Waals surface area contributed by atoms with E-state index in [1.165, 1.54) is 23.8 Å². The molecule has 0 aromatic heterocycles. The summed E-state index contributed by atoms with van der Waals surface area (Å²) in [5, 5.41) is 0.770. The van der Waals surface area contributed by atoms with E-state index in [0.29, 0.717) is 37.0 Å². The first-order valence-electron chi connectivity index (χ1n) is 16.1. The maximum Gasteiger partial charge on any atom is 0.337 e. The second-order valence-corrected chi connectivity index (χ2v) is 13.4. The zero-order valence-corrected chi connectivity index (χ0v) is 26.9. The number of anilines is 1. The van der Waals surface area contributed by atoms with E-state index in [2.05, 4.69) is 23.1 Å². The second kappa shape index (κ2) is 13.1. The molecule has 1 saturated carbocycles. The van der Waals surface area contributed by atoms with Crippen molar-refractivity contribution in [1.29, 1.82) is 0 Å². The molecule has 0 amide bonds. The maximum atomic E-state index is 12.6. The molecule has 1 heterocycles. The van der Waals surface area contributed by atoms with Crippen molar-refractivity contribution in [2.75, 3.05) is 45.4 Å². The molecule has 1 aliphatic heterocycles. The number of carbonyl (C=O) groups is 2. The average Bonchev–Trinajstić information content (AvgIpc) is 3.18. The monoisotopic (exact) mass is 621 g/mol. The number of hydrogen-bond donors (Lipinski definition) is 0. The number of allylic oxidation sites excluding steroid dienone is 1. The standard InChI is InChI=1S/C36H44ClNO6/c1-4-43-35(40)24-9-7-23(8-10-24)33(41-2)29-14-11-27(29)20-38-21-36(17-5-6-25-18-28(37)13-15-30(25)36)22-44-32-16-12-26(19-31(32)38)34(39)42-3/h7,12-13,15-16,18-19,24,27,29,33H,4-6,8-11,14,17,20-22H2,1-3H3/t24-,27-,29+,33+,36?/m0/s1. The molecular weight excluding hydrogens is 578 g/mol. The highest BCUT2D eigenvalue weighted by Crippen LogP contribution is 2.48. The number of methoxy groups -OCH3 is 2. The van der Waals surface area contributed by atoms with Crippen LogP contribution in [-0.2, 0) is 30.8 Å². The summed E-state index contributed by atoms with van der Waals surface area (Å²) in [6, 6.07) is 12.0. The highest BCUT2D eigenvalue weighted by atomic mass is 35.5. The highest BCUT2D eigenvalue weighted by molar-refractivity contribution is 6.30. The molecule has 8 heteroatoms. The summed E-state index contributed by atoms with van der Waals surface area (Å²) in [5.41, 5.74) is 5.22.